The van der Waals surface area contributed by atoms with Gasteiger partial charge in [-0.3, -0.25) is 4.79 Å². The van der Waals surface area contributed by atoms with Crippen LogP contribution < -0.4 is 4.74 Å². The van der Waals surface area contributed by atoms with E-state index in [1.807, 2.05) is 24.3 Å². The fourth-order valence-corrected chi connectivity index (χ4v) is 1.24. The molecule has 0 amide bonds. The van der Waals surface area contributed by atoms with Gasteiger partial charge in [0.25, 0.3) is 0 Å². The monoisotopic (exact) mass is 203 g/mol. The molecule has 15 heavy (non-hydrogen) atoms. The number of hydrogen-bond donors (Lipinski definition) is 0. The Morgan fingerprint density at radius 3 is 2.60 bits per heavy atom. The van der Waals surface area contributed by atoms with Crippen LogP contribution >= 0.6 is 0 Å². The zero-order valence-corrected chi connectivity index (χ0v) is 8.14. The van der Waals surface area contributed by atoms with Crippen molar-refractivity contribution < 1.29 is 14.1 Å². The summed E-state index contributed by atoms with van der Waals surface area (Å²) in [6.45, 7) is 0. The number of aldehydes is 1. The van der Waals surface area contributed by atoms with Gasteiger partial charge in [0.05, 0.1) is 7.11 Å². The van der Waals surface area contributed by atoms with Gasteiger partial charge < -0.3 is 9.26 Å². The number of ether oxygens (including phenoxy) is 1. The third kappa shape index (κ3) is 1.88. The van der Waals surface area contributed by atoms with E-state index in [2.05, 4.69) is 5.16 Å². The molecule has 0 N–H and O–H groups in total. The minimum Gasteiger partial charge on any atom is -0.497 e. The molecule has 0 atom stereocenters. The highest BCUT2D eigenvalue weighted by Gasteiger charge is 2.05. The van der Waals surface area contributed by atoms with Gasteiger partial charge in [0.15, 0.2) is 12.0 Å². The van der Waals surface area contributed by atoms with E-state index in [0.717, 1.165) is 11.3 Å². The Balaban J connectivity index is 2.32. The Kier molecular flexibility index (Phi) is 2.49. The molecule has 0 fully saturated rings. The van der Waals surface area contributed by atoms with E-state index >= 15 is 0 Å². The number of methoxy groups -OCH3 is 1. The lowest BCUT2D eigenvalue weighted by Crippen LogP contribution is -1.82. The first-order chi connectivity index (χ1) is 7.33. The first-order valence-electron chi connectivity index (χ1n) is 4.40. The Morgan fingerprint density at radius 2 is 2.07 bits per heavy atom. The van der Waals surface area contributed by atoms with E-state index in [9.17, 15) is 4.79 Å². The van der Waals surface area contributed by atoms with Crippen molar-refractivity contribution in [3.63, 3.8) is 0 Å². The average molecular weight is 203 g/mol. The maximum atomic E-state index is 10.4. The van der Waals surface area contributed by atoms with Crippen molar-refractivity contribution in [3.8, 4) is 17.0 Å². The minimum atomic E-state index is 0.223. The number of carbonyl (C=O) groups is 1. The van der Waals surface area contributed by atoms with Crippen molar-refractivity contribution in [2.75, 3.05) is 7.11 Å². The molecule has 0 spiro atoms. The second-order valence-electron chi connectivity index (χ2n) is 2.96. The average Bonchev–Trinajstić information content (AvgIpc) is 2.78. The first kappa shape index (κ1) is 9.45. The van der Waals surface area contributed by atoms with Crippen molar-refractivity contribution in [1.82, 2.24) is 5.16 Å². The van der Waals surface area contributed by atoms with Gasteiger partial charge in [-0.1, -0.05) is 5.16 Å². The van der Waals surface area contributed by atoms with Crippen molar-refractivity contribution in [2.24, 2.45) is 0 Å². The van der Waals surface area contributed by atoms with E-state index in [0.29, 0.717) is 12.0 Å². The highest BCUT2D eigenvalue weighted by Crippen LogP contribution is 2.21. The van der Waals surface area contributed by atoms with Crippen molar-refractivity contribution in [2.45, 2.75) is 0 Å². The molecule has 0 aliphatic carbocycles. The van der Waals surface area contributed by atoms with Gasteiger partial charge in [0, 0.05) is 11.6 Å². The highest BCUT2D eigenvalue weighted by atomic mass is 16.5. The molecule has 76 valence electrons. The molecule has 2 rings (SSSR count). The van der Waals surface area contributed by atoms with E-state index in [4.69, 9.17) is 9.26 Å². The van der Waals surface area contributed by atoms with E-state index in [1.54, 1.807) is 13.2 Å². The number of carbonyl (C=O) groups excluding carboxylic acids is 1. The van der Waals surface area contributed by atoms with Crippen molar-refractivity contribution >= 4 is 6.29 Å². The molecule has 0 aliphatic rings. The summed E-state index contributed by atoms with van der Waals surface area (Å²) in [6.07, 6.45) is 0.625. The maximum Gasteiger partial charge on any atom is 0.199 e. The Bertz CT molecular complexity index is 459. The van der Waals surface area contributed by atoms with E-state index < -0.39 is 0 Å². The molecule has 0 saturated heterocycles. The number of rotatable bonds is 3. The molecule has 1 aromatic carbocycles. The van der Waals surface area contributed by atoms with Crippen LogP contribution in [0.25, 0.3) is 11.3 Å². The minimum absolute atomic E-state index is 0.223. The third-order valence-electron chi connectivity index (χ3n) is 2.03. The Hall–Kier alpha value is -2.10. The summed E-state index contributed by atoms with van der Waals surface area (Å²) < 4.78 is 9.81. The molecule has 0 radical (unpaired) electrons. The summed E-state index contributed by atoms with van der Waals surface area (Å²) >= 11 is 0. The molecule has 1 aromatic heterocycles. The first-order valence-corrected chi connectivity index (χ1v) is 4.40. The fourth-order valence-electron chi connectivity index (χ4n) is 1.24. The summed E-state index contributed by atoms with van der Waals surface area (Å²) in [4.78, 5) is 10.4. The van der Waals surface area contributed by atoms with Crippen molar-refractivity contribution in [1.29, 1.82) is 0 Å². The lowest BCUT2D eigenvalue weighted by Gasteiger charge is -1.99. The van der Waals surface area contributed by atoms with Crippen LogP contribution in [0.4, 0.5) is 0 Å². The Labute approximate surface area is 86.5 Å². The smallest absolute Gasteiger partial charge is 0.199 e. The van der Waals surface area contributed by atoms with Gasteiger partial charge in [0.1, 0.15) is 11.4 Å². The fraction of sp³-hybridized carbons (Fsp3) is 0.0909. The molecule has 4 nitrogen and oxygen atoms in total. The largest absolute Gasteiger partial charge is 0.497 e. The lowest BCUT2D eigenvalue weighted by atomic mass is 10.1. The standard InChI is InChI=1S/C11H9NO3/c1-14-9-4-2-8(3-5-9)11-6-10(7-13)15-12-11/h2-7H,1H3. The molecule has 0 aliphatic heterocycles. The predicted octanol–water partition coefficient (Wildman–Crippen LogP) is 2.16. The van der Waals surface area contributed by atoms with Crippen LogP contribution in [0.15, 0.2) is 34.9 Å². The normalized spacial score (nSPS) is 9.93. The summed E-state index contributed by atoms with van der Waals surface area (Å²) in [5, 5.41) is 3.77. The third-order valence-corrected chi connectivity index (χ3v) is 2.03. The van der Waals surface area contributed by atoms with Crippen LogP contribution in [-0.4, -0.2) is 18.6 Å². The molecule has 0 saturated carbocycles. The van der Waals surface area contributed by atoms with Crippen LogP contribution in [0.1, 0.15) is 10.6 Å². The van der Waals surface area contributed by atoms with Gasteiger partial charge in [-0.25, -0.2) is 0 Å². The molecule has 0 bridgehead atoms. The van der Waals surface area contributed by atoms with Crippen LogP contribution in [0.5, 0.6) is 5.75 Å². The molecule has 4 heteroatoms. The zero-order chi connectivity index (χ0) is 10.7. The summed E-state index contributed by atoms with van der Waals surface area (Å²) in [5.41, 5.74) is 1.52. The topological polar surface area (TPSA) is 52.3 Å². The van der Waals surface area contributed by atoms with Gasteiger partial charge in [-0.15, -0.1) is 0 Å². The van der Waals surface area contributed by atoms with Crippen LogP contribution in [0, 0.1) is 0 Å². The molecular formula is C11H9NO3. The van der Waals surface area contributed by atoms with E-state index in [-0.39, 0.29) is 5.76 Å². The molecule has 2 aromatic rings. The van der Waals surface area contributed by atoms with Gasteiger partial charge >= 0.3 is 0 Å². The van der Waals surface area contributed by atoms with Gasteiger partial charge in [-0.2, -0.15) is 0 Å². The maximum absolute atomic E-state index is 10.4. The summed E-state index contributed by atoms with van der Waals surface area (Å²) in [7, 11) is 1.61. The number of nitrogens with zero attached hydrogens (tertiary/aromatic N) is 1. The van der Waals surface area contributed by atoms with E-state index in [1.165, 1.54) is 0 Å². The predicted molar refractivity (Wildman–Crippen MR) is 53.9 cm³/mol. The van der Waals surface area contributed by atoms with Crippen LogP contribution in [-0.2, 0) is 0 Å². The van der Waals surface area contributed by atoms with Gasteiger partial charge in [-0.05, 0) is 24.3 Å². The highest BCUT2D eigenvalue weighted by molar-refractivity contribution is 5.73. The Morgan fingerprint density at radius 1 is 1.33 bits per heavy atom. The number of aromatic nitrogens is 1. The van der Waals surface area contributed by atoms with Crippen LogP contribution in [0.3, 0.4) is 0 Å². The SMILES string of the molecule is COc1ccc(-c2cc(C=O)on2)cc1. The summed E-state index contributed by atoms with van der Waals surface area (Å²) in [6, 6.07) is 8.94. The van der Waals surface area contributed by atoms with Gasteiger partial charge in [0.2, 0.25) is 0 Å². The number of benzene rings is 1. The lowest BCUT2D eigenvalue weighted by molar-refractivity contribution is 0.109. The summed E-state index contributed by atoms with van der Waals surface area (Å²) in [5.74, 6) is 0.999. The second-order valence-corrected chi connectivity index (χ2v) is 2.96. The van der Waals surface area contributed by atoms with Crippen molar-refractivity contribution in [3.05, 3.63) is 36.1 Å². The molecular weight excluding hydrogens is 194 g/mol. The quantitative estimate of drug-likeness (QED) is 0.717. The van der Waals surface area contributed by atoms with Crippen LogP contribution in [0.2, 0.25) is 0 Å². The zero-order valence-electron chi connectivity index (χ0n) is 8.14. The second kappa shape index (κ2) is 3.96. The molecule has 0 unspecified atom stereocenters. The molecule has 1 heterocycles. The number of hydrogen-bond acceptors (Lipinski definition) is 4.